The van der Waals surface area contributed by atoms with Crippen molar-refractivity contribution in [1.82, 2.24) is 9.55 Å². The highest BCUT2D eigenvalue weighted by atomic mass is 16.5. The number of hydrogen-bond donors (Lipinski definition) is 1. The van der Waals surface area contributed by atoms with Crippen molar-refractivity contribution in [2.45, 2.75) is 19.1 Å². The first-order chi connectivity index (χ1) is 15.0. The van der Waals surface area contributed by atoms with Crippen molar-refractivity contribution in [1.29, 1.82) is 0 Å². The molecule has 0 saturated carbocycles. The lowest BCUT2D eigenvalue weighted by molar-refractivity contribution is 0.0900. The molecule has 0 saturated heterocycles. The van der Waals surface area contributed by atoms with Crippen LogP contribution in [0, 0.1) is 0 Å². The van der Waals surface area contributed by atoms with Gasteiger partial charge in [0.25, 0.3) is 5.56 Å². The fourth-order valence-electron chi connectivity index (χ4n) is 3.21. The highest BCUT2D eigenvalue weighted by Crippen LogP contribution is 2.30. The van der Waals surface area contributed by atoms with Crippen LogP contribution in [-0.2, 0) is 13.0 Å². The topological polar surface area (TPSA) is 92.0 Å². The summed E-state index contributed by atoms with van der Waals surface area (Å²) in [4.78, 5) is 17.2. The van der Waals surface area contributed by atoms with Crippen molar-refractivity contribution in [2.24, 2.45) is 0 Å². The first kappa shape index (κ1) is 22.2. The molecule has 0 unspecified atom stereocenters. The maximum atomic E-state index is 12.9. The summed E-state index contributed by atoms with van der Waals surface area (Å²) in [6, 6.07) is 8.78. The van der Waals surface area contributed by atoms with Crippen molar-refractivity contribution in [3.8, 4) is 23.0 Å². The smallest absolute Gasteiger partial charge is 0.261 e. The van der Waals surface area contributed by atoms with Gasteiger partial charge in [-0.1, -0.05) is 12.1 Å². The molecule has 1 heterocycles. The third kappa shape index (κ3) is 4.97. The molecule has 3 aromatic rings. The SMILES string of the molecule is C=CCc1ccc(OC[C@@H](O)Cn2cnc3cc(OC)c(OC)cc3c2=O)c(OC)c1. The van der Waals surface area contributed by atoms with Gasteiger partial charge < -0.3 is 24.1 Å². The Morgan fingerprint density at radius 2 is 1.74 bits per heavy atom. The predicted molar refractivity (Wildman–Crippen MR) is 118 cm³/mol. The van der Waals surface area contributed by atoms with Crippen LogP contribution in [0.15, 0.2) is 54.1 Å². The lowest BCUT2D eigenvalue weighted by Gasteiger charge is -2.16. The fraction of sp³-hybridized carbons (Fsp3) is 0.304. The van der Waals surface area contributed by atoms with Crippen LogP contribution in [0.25, 0.3) is 10.9 Å². The number of nitrogens with zero attached hydrogens (tertiary/aromatic N) is 2. The van der Waals surface area contributed by atoms with E-state index in [1.165, 1.54) is 25.1 Å². The summed E-state index contributed by atoms with van der Waals surface area (Å²) in [5, 5.41) is 10.8. The first-order valence-electron chi connectivity index (χ1n) is 9.70. The van der Waals surface area contributed by atoms with Crippen molar-refractivity contribution in [3.05, 3.63) is 65.2 Å². The van der Waals surface area contributed by atoms with Gasteiger partial charge in [-0.3, -0.25) is 9.36 Å². The number of aliphatic hydroxyl groups excluding tert-OH is 1. The van der Waals surface area contributed by atoms with Crippen LogP contribution < -0.4 is 24.5 Å². The molecular formula is C23H26N2O6. The zero-order valence-corrected chi connectivity index (χ0v) is 17.8. The Morgan fingerprint density at radius 3 is 2.42 bits per heavy atom. The molecule has 2 aromatic carbocycles. The molecule has 164 valence electrons. The summed E-state index contributed by atoms with van der Waals surface area (Å²) >= 11 is 0. The minimum Gasteiger partial charge on any atom is -0.493 e. The number of methoxy groups -OCH3 is 3. The van der Waals surface area contributed by atoms with E-state index in [4.69, 9.17) is 18.9 Å². The number of aliphatic hydroxyl groups is 1. The Morgan fingerprint density at radius 1 is 1.06 bits per heavy atom. The Labute approximate surface area is 180 Å². The standard InChI is InChI=1S/C23H26N2O6/c1-5-6-15-7-8-19(20(9-15)28-2)31-13-16(26)12-25-14-24-18-11-22(30-4)21(29-3)10-17(18)23(25)27/h5,7-11,14,16,26H,1,6,12-13H2,2-4H3/t16-/m0/s1. The summed E-state index contributed by atoms with van der Waals surface area (Å²) in [5.74, 6) is 2.00. The average Bonchev–Trinajstić information content (AvgIpc) is 2.79. The van der Waals surface area contributed by atoms with Gasteiger partial charge in [0.1, 0.15) is 12.7 Å². The molecule has 0 fully saturated rings. The molecule has 0 spiro atoms. The zero-order valence-electron chi connectivity index (χ0n) is 17.8. The second kappa shape index (κ2) is 9.99. The second-order valence-corrected chi connectivity index (χ2v) is 6.87. The molecule has 0 aliphatic rings. The molecule has 1 N–H and O–H groups in total. The van der Waals surface area contributed by atoms with Gasteiger partial charge in [0.05, 0.1) is 45.1 Å². The summed E-state index contributed by atoms with van der Waals surface area (Å²) in [6.45, 7) is 3.73. The molecule has 31 heavy (non-hydrogen) atoms. The molecule has 0 aliphatic heterocycles. The normalized spacial score (nSPS) is 11.7. The van der Waals surface area contributed by atoms with Crippen LogP contribution in [0.5, 0.6) is 23.0 Å². The third-order valence-electron chi connectivity index (χ3n) is 4.78. The van der Waals surface area contributed by atoms with Gasteiger partial charge in [0, 0.05) is 6.07 Å². The van der Waals surface area contributed by atoms with Gasteiger partial charge in [0.15, 0.2) is 23.0 Å². The predicted octanol–water partition coefficient (Wildman–Crippen LogP) is 2.59. The van der Waals surface area contributed by atoms with Gasteiger partial charge in [-0.2, -0.15) is 0 Å². The van der Waals surface area contributed by atoms with E-state index >= 15 is 0 Å². The van der Waals surface area contributed by atoms with E-state index in [1.54, 1.807) is 31.4 Å². The summed E-state index contributed by atoms with van der Waals surface area (Å²) < 4.78 is 22.9. The van der Waals surface area contributed by atoms with Crippen molar-refractivity contribution < 1.29 is 24.1 Å². The molecule has 0 radical (unpaired) electrons. The fourth-order valence-corrected chi connectivity index (χ4v) is 3.21. The molecule has 8 nitrogen and oxygen atoms in total. The Balaban J connectivity index is 1.74. The summed E-state index contributed by atoms with van der Waals surface area (Å²) in [5.41, 5.74) is 1.23. The molecular weight excluding hydrogens is 400 g/mol. The number of fused-ring (bicyclic) bond motifs is 1. The number of rotatable bonds is 10. The van der Waals surface area contributed by atoms with Crippen LogP contribution in [0.3, 0.4) is 0 Å². The van der Waals surface area contributed by atoms with Crippen molar-refractivity contribution in [2.75, 3.05) is 27.9 Å². The molecule has 1 aromatic heterocycles. The number of ether oxygens (including phenoxy) is 4. The zero-order chi connectivity index (χ0) is 22.4. The molecule has 0 aliphatic carbocycles. The van der Waals surface area contributed by atoms with E-state index in [2.05, 4.69) is 11.6 Å². The number of benzene rings is 2. The molecule has 3 rings (SSSR count). The largest absolute Gasteiger partial charge is 0.493 e. The van der Waals surface area contributed by atoms with E-state index in [1.807, 2.05) is 12.1 Å². The molecule has 0 amide bonds. The van der Waals surface area contributed by atoms with Crippen LogP contribution in [-0.4, -0.2) is 48.7 Å². The summed E-state index contributed by atoms with van der Waals surface area (Å²) in [7, 11) is 4.57. The van der Waals surface area contributed by atoms with E-state index in [9.17, 15) is 9.90 Å². The monoisotopic (exact) mass is 426 g/mol. The third-order valence-corrected chi connectivity index (χ3v) is 4.78. The highest BCUT2D eigenvalue weighted by Gasteiger charge is 2.14. The van der Waals surface area contributed by atoms with Gasteiger partial charge in [-0.25, -0.2) is 4.98 Å². The van der Waals surface area contributed by atoms with E-state index in [-0.39, 0.29) is 18.7 Å². The lowest BCUT2D eigenvalue weighted by atomic mass is 10.1. The minimum atomic E-state index is -0.936. The van der Waals surface area contributed by atoms with Crippen LogP contribution in [0.2, 0.25) is 0 Å². The Bertz CT molecular complexity index is 1120. The van der Waals surface area contributed by atoms with Gasteiger partial charge in [-0.05, 0) is 30.2 Å². The number of hydrogen-bond acceptors (Lipinski definition) is 7. The van der Waals surface area contributed by atoms with E-state index < -0.39 is 6.10 Å². The first-order valence-corrected chi connectivity index (χ1v) is 9.70. The Kier molecular flexibility index (Phi) is 7.15. The second-order valence-electron chi connectivity index (χ2n) is 6.87. The van der Waals surface area contributed by atoms with Crippen molar-refractivity contribution >= 4 is 10.9 Å². The van der Waals surface area contributed by atoms with E-state index in [0.717, 1.165) is 5.56 Å². The number of allylic oxidation sites excluding steroid dienone is 1. The average molecular weight is 426 g/mol. The Hall–Kier alpha value is -3.52. The summed E-state index contributed by atoms with van der Waals surface area (Å²) in [6.07, 6.45) is 2.98. The highest BCUT2D eigenvalue weighted by molar-refractivity contribution is 5.81. The minimum absolute atomic E-state index is 0.0203. The molecule has 0 bridgehead atoms. The molecule has 1 atom stereocenters. The maximum absolute atomic E-state index is 12.9. The van der Waals surface area contributed by atoms with Gasteiger partial charge in [-0.15, -0.1) is 6.58 Å². The molecule has 8 heteroatoms. The lowest BCUT2D eigenvalue weighted by Crippen LogP contribution is -2.30. The van der Waals surface area contributed by atoms with Crippen LogP contribution in [0.1, 0.15) is 5.56 Å². The number of aromatic nitrogens is 2. The van der Waals surface area contributed by atoms with Gasteiger partial charge in [0.2, 0.25) is 0 Å². The maximum Gasteiger partial charge on any atom is 0.261 e. The van der Waals surface area contributed by atoms with Crippen molar-refractivity contribution in [3.63, 3.8) is 0 Å². The van der Waals surface area contributed by atoms with Gasteiger partial charge >= 0.3 is 0 Å². The van der Waals surface area contributed by atoms with Crippen LogP contribution in [0.4, 0.5) is 0 Å². The van der Waals surface area contributed by atoms with E-state index in [0.29, 0.717) is 40.3 Å². The quantitative estimate of drug-likeness (QED) is 0.498. The van der Waals surface area contributed by atoms with Crippen LogP contribution >= 0.6 is 0 Å².